The average molecular weight is 332 g/mol. The van der Waals surface area contributed by atoms with E-state index < -0.39 is 6.04 Å². The lowest BCUT2D eigenvalue weighted by molar-refractivity contribution is -0.119. The van der Waals surface area contributed by atoms with Gasteiger partial charge in [0.05, 0.1) is 17.4 Å². The number of aromatic nitrogens is 5. The SMILES string of the molecule is CC(C(=O)Nc1ccc(-n2ncc3ccccc32)cc1)n1cncn1. The summed E-state index contributed by atoms with van der Waals surface area (Å²) in [5.74, 6) is -0.150. The molecule has 0 aliphatic rings. The van der Waals surface area contributed by atoms with Gasteiger partial charge in [-0.2, -0.15) is 10.2 Å². The summed E-state index contributed by atoms with van der Waals surface area (Å²) in [6.45, 7) is 1.77. The molecule has 0 spiro atoms. The van der Waals surface area contributed by atoms with E-state index in [0.29, 0.717) is 0 Å². The van der Waals surface area contributed by atoms with Gasteiger partial charge in [-0.3, -0.25) is 4.79 Å². The maximum Gasteiger partial charge on any atom is 0.249 e. The summed E-state index contributed by atoms with van der Waals surface area (Å²) in [7, 11) is 0. The zero-order valence-corrected chi connectivity index (χ0v) is 13.6. The smallest absolute Gasteiger partial charge is 0.249 e. The van der Waals surface area contributed by atoms with Crippen LogP contribution in [0.4, 0.5) is 5.69 Å². The third kappa shape index (κ3) is 2.87. The Kier molecular flexibility index (Phi) is 3.74. The number of nitrogens with one attached hydrogen (secondary N) is 1. The molecule has 0 saturated carbocycles. The Labute approximate surface area is 143 Å². The third-order valence-corrected chi connectivity index (χ3v) is 4.07. The third-order valence-electron chi connectivity index (χ3n) is 4.07. The predicted molar refractivity (Wildman–Crippen MR) is 94.4 cm³/mol. The molecule has 0 fully saturated rings. The molecule has 1 atom stereocenters. The van der Waals surface area contributed by atoms with Crippen LogP contribution in [0.15, 0.2) is 67.4 Å². The van der Waals surface area contributed by atoms with Gasteiger partial charge in [0, 0.05) is 11.1 Å². The van der Waals surface area contributed by atoms with E-state index in [1.807, 2.05) is 59.4 Å². The first-order valence-corrected chi connectivity index (χ1v) is 7.90. The number of carbonyl (C=O) groups excluding carboxylic acids is 1. The van der Waals surface area contributed by atoms with Crippen LogP contribution < -0.4 is 5.32 Å². The summed E-state index contributed by atoms with van der Waals surface area (Å²) >= 11 is 0. The van der Waals surface area contributed by atoms with Crippen LogP contribution in [0.3, 0.4) is 0 Å². The van der Waals surface area contributed by atoms with Gasteiger partial charge in [0.15, 0.2) is 0 Å². The summed E-state index contributed by atoms with van der Waals surface area (Å²) in [6, 6.07) is 15.2. The topological polar surface area (TPSA) is 77.6 Å². The Morgan fingerprint density at radius 2 is 1.88 bits per heavy atom. The second-order valence-corrected chi connectivity index (χ2v) is 5.70. The van der Waals surface area contributed by atoms with Crippen molar-refractivity contribution in [1.82, 2.24) is 24.5 Å². The minimum atomic E-state index is -0.433. The molecule has 0 bridgehead atoms. The van der Waals surface area contributed by atoms with Crippen molar-refractivity contribution in [3.8, 4) is 5.69 Å². The van der Waals surface area contributed by atoms with E-state index in [2.05, 4.69) is 20.5 Å². The van der Waals surface area contributed by atoms with Crippen LogP contribution in [0.1, 0.15) is 13.0 Å². The lowest BCUT2D eigenvalue weighted by atomic mass is 10.2. The quantitative estimate of drug-likeness (QED) is 0.623. The van der Waals surface area contributed by atoms with Gasteiger partial charge < -0.3 is 5.32 Å². The Balaban J connectivity index is 1.53. The molecule has 7 nitrogen and oxygen atoms in total. The maximum atomic E-state index is 12.3. The first kappa shape index (κ1) is 15.1. The number of nitrogens with zero attached hydrogens (tertiary/aromatic N) is 5. The largest absolute Gasteiger partial charge is 0.324 e. The summed E-state index contributed by atoms with van der Waals surface area (Å²) in [4.78, 5) is 16.1. The summed E-state index contributed by atoms with van der Waals surface area (Å²) in [5, 5.41) is 12.4. The highest BCUT2D eigenvalue weighted by atomic mass is 16.2. The number of hydrogen-bond donors (Lipinski definition) is 1. The van der Waals surface area contributed by atoms with Crippen molar-refractivity contribution >= 4 is 22.5 Å². The van der Waals surface area contributed by atoms with Gasteiger partial charge in [0.2, 0.25) is 5.91 Å². The Hall–Kier alpha value is -3.48. The molecule has 124 valence electrons. The van der Waals surface area contributed by atoms with E-state index in [1.165, 1.54) is 17.3 Å². The minimum Gasteiger partial charge on any atom is -0.324 e. The minimum absolute atomic E-state index is 0.150. The van der Waals surface area contributed by atoms with Crippen LogP contribution in [0, 0.1) is 0 Å². The van der Waals surface area contributed by atoms with Crippen LogP contribution in [0.2, 0.25) is 0 Å². The maximum absolute atomic E-state index is 12.3. The van der Waals surface area contributed by atoms with E-state index in [-0.39, 0.29) is 5.91 Å². The molecule has 1 N–H and O–H groups in total. The van der Waals surface area contributed by atoms with Crippen molar-refractivity contribution < 1.29 is 4.79 Å². The van der Waals surface area contributed by atoms with Crippen LogP contribution in [0.5, 0.6) is 0 Å². The molecule has 4 rings (SSSR count). The van der Waals surface area contributed by atoms with Crippen LogP contribution in [-0.4, -0.2) is 30.5 Å². The molecule has 7 heteroatoms. The summed E-state index contributed by atoms with van der Waals surface area (Å²) in [6.07, 6.45) is 4.77. The van der Waals surface area contributed by atoms with Crippen LogP contribution in [-0.2, 0) is 4.79 Å². The highest BCUT2D eigenvalue weighted by Gasteiger charge is 2.15. The Morgan fingerprint density at radius 1 is 1.08 bits per heavy atom. The monoisotopic (exact) mass is 332 g/mol. The lowest BCUT2D eigenvalue weighted by Crippen LogP contribution is -2.24. The summed E-state index contributed by atoms with van der Waals surface area (Å²) < 4.78 is 3.39. The lowest BCUT2D eigenvalue weighted by Gasteiger charge is -2.12. The highest BCUT2D eigenvalue weighted by Crippen LogP contribution is 2.20. The van der Waals surface area contributed by atoms with Crippen LogP contribution >= 0.6 is 0 Å². The molecular formula is C18H16N6O. The Morgan fingerprint density at radius 3 is 2.64 bits per heavy atom. The first-order chi connectivity index (χ1) is 12.2. The molecule has 1 amide bonds. The van der Waals surface area contributed by atoms with Crippen molar-refractivity contribution in [3.05, 3.63) is 67.4 Å². The van der Waals surface area contributed by atoms with Crippen molar-refractivity contribution in [2.75, 3.05) is 5.32 Å². The Bertz CT molecular complexity index is 1000. The van der Waals surface area contributed by atoms with Gasteiger partial charge in [-0.1, -0.05) is 18.2 Å². The zero-order valence-electron chi connectivity index (χ0n) is 13.6. The fourth-order valence-corrected chi connectivity index (χ4v) is 2.65. The first-order valence-electron chi connectivity index (χ1n) is 7.90. The summed E-state index contributed by atoms with van der Waals surface area (Å²) in [5.41, 5.74) is 2.69. The molecule has 2 heterocycles. The van der Waals surface area contributed by atoms with E-state index >= 15 is 0 Å². The molecule has 0 aliphatic carbocycles. The van der Waals surface area contributed by atoms with Crippen molar-refractivity contribution in [1.29, 1.82) is 0 Å². The van der Waals surface area contributed by atoms with Crippen molar-refractivity contribution in [2.24, 2.45) is 0 Å². The van der Waals surface area contributed by atoms with Gasteiger partial charge in [0.1, 0.15) is 18.7 Å². The number of fused-ring (bicyclic) bond motifs is 1. The highest BCUT2D eigenvalue weighted by molar-refractivity contribution is 5.93. The van der Waals surface area contributed by atoms with Gasteiger partial charge in [-0.15, -0.1) is 0 Å². The van der Waals surface area contributed by atoms with Crippen molar-refractivity contribution in [3.63, 3.8) is 0 Å². The van der Waals surface area contributed by atoms with E-state index in [0.717, 1.165) is 22.3 Å². The standard InChI is InChI=1S/C18H16N6O/c1-13(23-12-19-11-21-23)18(25)22-15-6-8-16(9-7-15)24-17-5-3-2-4-14(17)10-20-24/h2-13H,1H3,(H,22,25). The van der Waals surface area contributed by atoms with Gasteiger partial charge >= 0.3 is 0 Å². The number of amides is 1. The molecule has 25 heavy (non-hydrogen) atoms. The van der Waals surface area contributed by atoms with E-state index in [1.54, 1.807) is 6.92 Å². The fraction of sp³-hybridized carbons (Fsp3) is 0.111. The number of anilines is 1. The molecule has 0 aliphatic heterocycles. The molecule has 4 aromatic rings. The number of hydrogen-bond acceptors (Lipinski definition) is 4. The zero-order chi connectivity index (χ0) is 17.2. The van der Waals surface area contributed by atoms with Crippen molar-refractivity contribution in [2.45, 2.75) is 13.0 Å². The number of rotatable bonds is 4. The predicted octanol–water partition coefficient (Wildman–Crippen LogP) is 2.82. The van der Waals surface area contributed by atoms with Gasteiger partial charge in [-0.25, -0.2) is 14.3 Å². The van der Waals surface area contributed by atoms with E-state index in [4.69, 9.17) is 0 Å². The van der Waals surface area contributed by atoms with Crippen LogP contribution in [0.25, 0.3) is 16.6 Å². The average Bonchev–Trinajstić information content (AvgIpc) is 3.31. The molecule has 0 saturated heterocycles. The second kappa shape index (κ2) is 6.20. The number of para-hydroxylation sites is 1. The number of benzene rings is 2. The number of carbonyl (C=O) groups is 1. The fourth-order valence-electron chi connectivity index (χ4n) is 2.65. The molecule has 0 radical (unpaired) electrons. The van der Waals surface area contributed by atoms with Gasteiger partial charge in [-0.05, 0) is 37.3 Å². The normalized spacial score (nSPS) is 12.2. The molecule has 1 unspecified atom stereocenters. The van der Waals surface area contributed by atoms with Gasteiger partial charge in [0.25, 0.3) is 0 Å². The molecule has 2 aromatic carbocycles. The molecular weight excluding hydrogens is 316 g/mol. The molecule has 2 aromatic heterocycles. The van der Waals surface area contributed by atoms with E-state index in [9.17, 15) is 4.79 Å². The second-order valence-electron chi connectivity index (χ2n) is 5.70.